The fraction of sp³-hybridized carbons (Fsp3) is 0.333. The van der Waals surface area contributed by atoms with Crippen LogP contribution in [0.2, 0.25) is 5.02 Å². The van der Waals surface area contributed by atoms with E-state index in [1.165, 1.54) is 23.1 Å². The summed E-state index contributed by atoms with van der Waals surface area (Å²) in [4.78, 5) is 24.7. The van der Waals surface area contributed by atoms with Crippen LogP contribution < -0.4 is 10.2 Å². The van der Waals surface area contributed by atoms with E-state index in [0.717, 1.165) is 0 Å². The lowest BCUT2D eigenvalue weighted by Gasteiger charge is -2.34. The van der Waals surface area contributed by atoms with Crippen LogP contribution in [-0.2, 0) is 9.59 Å². The minimum absolute atomic E-state index is 0.0502. The van der Waals surface area contributed by atoms with Crippen LogP contribution in [0.4, 0.5) is 10.1 Å². The van der Waals surface area contributed by atoms with Crippen LogP contribution in [-0.4, -0.2) is 24.4 Å². The maximum absolute atomic E-state index is 13.8. The molecule has 1 saturated heterocycles. The highest BCUT2D eigenvalue weighted by molar-refractivity contribution is 6.31. The molecule has 0 saturated carbocycles. The summed E-state index contributed by atoms with van der Waals surface area (Å²) in [6.07, 6.45) is 0.406. The number of amides is 2. The van der Waals surface area contributed by atoms with Crippen molar-refractivity contribution in [2.45, 2.75) is 19.4 Å². The van der Waals surface area contributed by atoms with Crippen molar-refractivity contribution in [3.8, 4) is 0 Å². The second-order valence-corrected chi connectivity index (χ2v) is 4.44. The second-order valence-electron chi connectivity index (χ2n) is 4.00. The number of carbonyl (C=O) groups is 2. The van der Waals surface area contributed by atoms with E-state index in [4.69, 9.17) is 11.6 Å². The summed E-state index contributed by atoms with van der Waals surface area (Å²) >= 11 is 5.81. The van der Waals surface area contributed by atoms with Crippen LogP contribution >= 0.6 is 11.6 Å². The van der Waals surface area contributed by atoms with Crippen LogP contribution in [0.15, 0.2) is 18.2 Å². The number of hydrogen-bond acceptors (Lipinski definition) is 2. The van der Waals surface area contributed by atoms with E-state index in [-0.39, 0.29) is 24.0 Å². The minimum atomic E-state index is -0.695. The minimum Gasteiger partial charge on any atom is -0.345 e. The zero-order valence-corrected chi connectivity index (χ0v) is 10.5. The molecule has 1 fully saturated rings. The third kappa shape index (κ3) is 2.18. The van der Waals surface area contributed by atoms with E-state index in [1.54, 1.807) is 6.92 Å². The van der Waals surface area contributed by atoms with E-state index in [1.807, 2.05) is 0 Å². The van der Waals surface area contributed by atoms with Crippen LogP contribution in [0.25, 0.3) is 0 Å². The molecule has 1 aromatic carbocycles. The number of carbonyl (C=O) groups excluding carboxylic acids is 2. The molecule has 0 aliphatic carbocycles. The first-order chi connectivity index (χ1) is 8.54. The number of benzene rings is 1. The Bertz CT molecular complexity index is 507. The van der Waals surface area contributed by atoms with E-state index >= 15 is 0 Å². The molecule has 96 valence electrons. The van der Waals surface area contributed by atoms with Gasteiger partial charge in [-0.1, -0.05) is 18.5 Å². The standard InChI is InChI=1S/C12H12ClFN2O2/c1-2-9-12(18)15-6-11(17)16(9)10-5-7(13)3-4-8(10)14/h3-5,9H,2,6H2,1H3,(H,15,18). The number of nitrogens with zero attached hydrogens (tertiary/aromatic N) is 1. The molecule has 1 aliphatic rings. The molecule has 6 heteroatoms. The van der Waals surface area contributed by atoms with Crippen molar-refractivity contribution in [2.75, 3.05) is 11.4 Å². The van der Waals surface area contributed by atoms with Gasteiger partial charge in [-0.3, -0.25) is 14.5 Å². The van der Waals surface area contributed by atoms with Gasteiger partial charge in [0.25, 0.3) is 0 Å². The predicted molar refractivity (Wildman–Crippen MR) is 66.0 cm³/mol. The Labute approximate surface area is 109 Å². The maximum atomic E-state index is 13.8. The molecule has 0 spiro atoms. The molecule has 1 aromatic rings. The number of hydrogen-bond donors (Lipinski definition) is 1. The van der Waals surface area contributed by atoms with Crippen molar-refractivity contribution in [3.05, 3.63) is 29.0 Å². The highest BCUT2D eigenvalue weighted by atomic mass is 35.5. The number of anilines is 1. The summed E-state index contributed by atoms with van der Waals surface area (Å²) in [6, 6.07) is 3.25. The summed E-state index contributed by atoms with van der Waals surface area (Å²) in [5, 5.41) is 2.80. The molecule has 0 radical (unpaired) electrons. The third-order valence-electron chi connectivity index (χ3n) is 2.85. The lowest BCUT2D eigenvalue weighted by atomic mass is 10.1. The van der Waals surface area contributed by atoms with Crippen LogP contribution in [0.3, 0.4) is 0 Å². The van der Waals surface area contributed by atoms with Crippen molar-refractivity contribution in [2.24, 2.45) is 0 Å². The molecule has 2 rings (SSSR count). The first-order valence-corrected chi connectivity index (χ1v) is 5.97. The Hall–Kier alpha value is -1.62. The molecule has 2 amide bonds. The fourth-order valence-electron chi connectivity index (χ4n) is 2.00. The Morgan fingerprint density at radius 1 is 1.50 bits per heavy atom. The first kappa shape index (κ1) is 12.8. The molecule has 1 heterocycles. The number of rotatable bonds is 2. The van der Waals surface area contributed by atoms with Gasteiger partial charge >= 0.3 is 0 Å². The van der Waals surface area contributed by atoms with Gasteiger partial charge in [-0.05, 0) is 24.6 Å². The van der Waals surface area contributed by atoms with Crippen LogP contribution in [0.5, 0.6) is 0 Å². The second kappa shape index (κ2) is 4.94. The largest absolute Gasteiger partial charge is 0.345 e. The molecule has 4 nitrogen and oxygen atoms in total. The van der Waals surface area contributed by atoms with E-state index in [2.05, 4.69) is 5.32 Å². The summed E-state index contributed by atoms with van der Waals surface area (Å²) < 4.78 is 13.8. The SMILES string of the molecule is CCC1C(=O)NCC(=O)N1c1cc(Cl)ccc1F. The highest BCUT2D eigenvalue weighted by Gasteiger charge is 2.35. The maximum Gasteiger partial charge on any atom is 0.247 e. The quantitative estimate of drug-likeness (QED) is 0.890. The van der Waals surface area contributed by atoms with Gasteiger partial charge in [-0.25, -0.2) is 4.39 Å². The fourth-order valence-corrected chi connectivity index (χ4v) is 2.16. The van der Waals surface area contributed by atoms with Gasteiger partial charge in [0.2, 0.25) is 11.8 Å². The summed E-state index contributed by atoms with van der Waals surface area (Å²) in [6.45, 7) is 1.64. The average molecular weight is 271 g/mol. The van der Waals surface area contributed by atoms with E-state index in [9.17, 15) is 14.0 Å². The Morgan fingerprint density at radius 3 is 2.89 bits per heavy atom. The molecular formula is C12H12ClFN2O2. The molecule has 0 bridgehead atoms. The Balaban J connectivity index is 2.47. The zero-order chi connectivity index (χ0) is 13.3. The van der Waals surface area contributed by atoms with Crippen molar-refractivity contribution >= 4 is 29.1 Å². The van der Waals surface area contributed by atoms with Crippen molar-refractivity contribution in [3.63, 3.8) is 0 Å². The lowest BCUT2D eigenvalue weighted by Crippen LogP contribution is -2.58. The average Bonchev–Trinajstić information content (AvgIpc) is 2.35. The molecule has 18 heavy (non-hydrogen) atoms. The van der Waals surface area contributed by atoms with Crippen molar-refractivity contribution < 1.29 is 14.0 Å². The first-order valence-electron chi connectivity index (χ1n) is 5.59. The monoisotopic (exact) mass is 270 g/mol. The number of nitrogens with one attached hydrogen (secondary N) is 1. The lowest BCUT2D eigenvalue weighted by molar-refractivity contribution is -0.131. The van der Waals surface area contributed by atoms with Gasteiger partial charge in [0.05, 0.1) is 12.2 Å². The topological polar surface area (TPSA) is 49.4 Å². The number of piperazine rings is 1. The van der Waals surface area contributed by atoms with Crippen LogP contribution in [0, 0.1) is 5.82 Å². The Morgan fingerprint density at radius 2 is 2.22 bits per heavy atom. The molecule has 0 aromatic heterocycles. The number of halogens is 2. The van der Waals surface area contributed by atoms with Gasteiger partial charge in [0.1, 0.15) is 11.9 Å². The zero-order valence-electron chi connectivity index (χ0n) is 9.74. The third-order valence-corrected chi connectivity index (χ3v) is 3.09. The van der Waals surface area contributed by atoms with Crippen molar-refractivity contribution in [1.29, 1.82) is 0 Å². The molecule has 1 aliphatic heterocycles. The van der Waals surface area contributed by atoms with Gasteiger partial charge < -0.3 is 5.32 Å². The normalized spacial score (nSPS) is 19.9. The predicted octanol–water partition coefficient (Wildman–Crippen LogP) is 1.72. The van der Waals surface area contributed by atoms with E-state index < -0.39 is 11.9 Å². The summed E-state index contributed by atoms with van der Waals surface area (Å²) in [5.74, 6) is -1.19. The molecular weight excluding hydrogens is 259 g/mol. The highest BCUT2D eigenvalue weighted by Crippen LogP contribution is 2.27. The van der Waals surface area contributed by atoms with Gasteiger partial charge in [0, 0.05) is 5.02 Å². The summed E-state index contributed by atoms with van der Waals surface area (Å²) in [7, 11) is 0. The Kier molecular flexibility index (Phi) is 3.52. The van der Waals surface area contributed by atoms with Gasteiger partial charge in [-0.15, -0.1) is 0 Å². The molecule has 1 unspecified atom stereocenters. The molecule has 1 N–H and O–H groups in total. The van der Waals surface area contributed by atoms with Crippen molar-refractivity contribution in [1.82, 2.24) is 5.32 Å². The smallest absolute Gasteiger partial charge is 0.247 e. The van der Waals surface area contributed by atoms with Gasteiger partial charge in [-0.2, -0.15) is 0 Å². The summed E-state index contributed by atoms with van der Waals surface area (Å²) in [5.41, 5.74) is 0.0502. The van der Waals surface area contributed by atoms with Gasteiger partial charge in [0.15, 0.2) is 0 Å². The van der Waals surface area contributed by atoms with E-state index in [0.29, 0.717) is 11.4 Å². The van der Waals surface area contributed by atoms with Crippen LogP contribution in [0.1, 0.15) is 13.3 Å². The molecule has 1 atom stereocenters.